The second kappa shape index (κ2) is 8.37. The number of para-hydroxylation sites is 1. The van der Waals surface area contributed by atoms with E-state index in [0.717, 1.165) is 38.1 Å². The average molecular weight is 439 g/mol. The van der Waals surface area contributed by atoms with Crippen molar-refractivity contribution in [2.45, 2.75) is 20.4 Å². The van der Waals surface area contributed by atoms with E-state index < -0.39 is 0 Å². The van der Waals surface area contributed by atoms with Gasteiger partial charge in [0.15, 0.2) is 5.13 Å². The first-order valence-electron chi connectivity index (χ1n) is 9.39. The molecule has 0 saturated carbocycles. The molecule has 0 radical (unpaired) electrons. The Labute approximate surface area is 183 Å². The fourth-order valence-electron chi connectivity index (χ4n) is 3.21. The molecule has 4 rings (SSSR count). The molecule has 9 heteroatoms. The summed E-state index contributed by atoms with van der Waals surface area (Å²) in [5.41, 5.74) is 4.96. The monoisotopic (exact) mass is 438 g/mol. The molecular formula is C21H22N6OS2. The lowest BCUT2D eigenvalue weighted by Gasteiger charge is -2.16. The van der Waals surface area contributed by atoms with Crippen LogP contribution in [0.15, 0.2) is 42.0 Å². The lowest BCUT2D eigenvalue weighted by atomic mass is 10.1. The van der Waals surface area contributed by atoms with Gasteiger partial charge in [0.25, 0.3) is 0 Å². The molecule has 154 valence electrons. The number of hydrogen-bond acceptors (Lipinski definition) is 7. The maximum absolute atomic E-state index is 12.5. The standard InChI is InChI=1S/C21H22N6OS2/c1-13-20(30-14(2)23-13)17-12-29-21(24-17)25-19(28)11-27-10-15(9-22-27)16-7-5-6-8-18(16)26(3)4/h5-10,12H,11H2,1-4H3,(H,24,25,28). The van der Waals surface area contributed by atoms with E-state index in [1.807, 2.05) is 51.7 Å². The van der Waals surface area contributed by atoms with Gasteiger partial charge in [-0.05, 0) is 19.9 Å². The van der Waals surface area contributed by atoms with Crippen LogP contribution < -0.4 is 10.2 Å². The first kappa shape index (κ1) is 20.2. The highest BCUT2D eigenvalue weighted by molar-refractivity contribution is 7.16. The summed E-state index contributed by atoms with van der Waals surface area (Å²) in [5.74, 6) is -0.163. The third-order valence-corrected chi connectivity index (χ3v) is 6.38. The predicted molar refractivity (Wildman–Crippen MR) is 123 cm³/mol. The van der Waals surface area contributed by atoms with Crippen molar-refractivity contribution < 1.29 is 4.79 Å². The molecule has 0 aliphatic heterocycles. The molecule has 1 amide bonds. The van der Waals surface area contributed by atoms with Crippen molar-refractivity contribution in [2.24, 2.45) is 0 Å². The number of benzene rings is 1. The highest BCUT2D eigenvalue weighted by Crippen LogP contribution is 2.32. The van der Waals surface area contributed by atoms with Crippen molar-refractivity contribution in [3.05, 3.63) is 52.7 Å². The molecule has 0 spiro atoms. The number of nitrogens with one attached hydrogen (secondary N) is 1. The molecule has 7 nitrogen and oxygen atoms in total. The number of carbonyl (C=O) groups excluding carboxylic acids is 1. The number of aromatic nitrogens is 4. The molecular weight excluding hydrogens is 416 g/mol. The molecule has 0 saturated heterocycles. The quantitative estimate of drug-likeness (QED) is 0.481. The van der Waals surface area contributed by atoms with Crippen LogP contribution in [-0.2, 0) is 11.3 Å². The van der Waals surface area contributed by atoms with Crippen LogP contribution in [0.5, 0.6) is 0 Å². The molecule has 1 N–H and O–H groups in total. The van der Waals surface area contributed by atoms with Gasteiger partial charge < -0.3 is 10.2 Å². The van der Waals surface area contributed by atoms with E-state index in [4.69, 9.17) is 0 Å². The van der Waals surface area contributed by atoms with Crippen molar-refractivity contribution in [3.8, 4) is 21.7 Å². The second-order valence-electron chi connectivity index (χ2n) is 7.07. The van der Waals surface area contributed by atoms with Crippen molar-refractivity contribution in [1.29, 1.82) is 0 Å². The Morgan fingerprint density at radius 1 is 1.20 bits per heavy atom. The molecule has 0 aliphatic rings. The summed E-state index contributed by atoms with van der Waals surface area (Å²) in [5, 5.41) is 10.7. The molecule has 1 aromatic carbocycles. The zero-order chi connectivity index (χ0) is 21.3. The van der Waals surface area contributed by atoms with Crippen LogP contribution >= 0.6 is 22.7 Å². The van der Waals surface area contributed by atoms with Crippen LogP contribution in [0.4, 0.5) is 10.8 Å². The van der Waals surface area contributed by atoms with E-state index in [2.05, 4.69) is 37.4 Å². The summed E-state index contributed by atoms with van der Waals surface area (Å²) >= 11 is 3.02. The number of aryl methyl sites for hydroxylation is 2. The minimum atomic E-state index is -0.163. The fourth-order valence-corrected chi connectivity index (χ4v) is 4.88. The molecule has 0 fully saturated rings. The largest absolute Gasteiger partial charge is 0.377 e. The summed E-state index contributed by atoms with van der Waals surface area (Å²) in [6, 6.07) is 8.12. The van der Waals surface area contributed by atoms with E-state index in [9.17, 15) is 4.79 Å². The third-order valence-electron chi connectivity index (χ3n) is 4.52. The van der Waals surface area contributed by atoms with Gasteiger partial charge >= 0.3 is 0 Å². The Morgan fingerprint density at radius 2 is 2.00 bits per heavy atom. The zero-order valence-corrected chi connectivity index (χ0v) is 18.8. The Balaban J connectivity index is 1.44. The van der Waals surface area contributed by atoms with Crippen molar-refractivity contribution in [1.82, 2.24) is 19.7 Å². The van der Waals surface area contributed by atoms with E-state index in [1.54, 1.807) is 22.2 Å². The first-order chi connectivity index (χ1) is 14.4. The number of amides is 1. The Bertz CT molecular complexity index is 1190. The van der Waals surface area contributed by atoms with Crippen LogP contribution in [-0.4, -0.2) is 39.8 Å². The predicted octanol–water partition coefficient (Wildman–Crippen LogP) is 4.45. The molecule has 3 heterocycles. The zero-order valence-electron chi connectivity index (χ0n) is 17.2. The van der Waals surface area contributed by atoms with Crippen molar-refractivity contribution >= 4 is 39.4 Å². The molecule has 0 unspecified atom stereocenters. The highest BCUT2D eigenvalue weighted by Gasteiger charge is 2.14. The van der Waals surface area contributed by atoms with Gasteiger partial charge in [0, 0.05) is 42.5 Å². The van der Waals surface area contributed by atoms with E-state index >= 15 is 0 Å². The van der Waals surface area contributed by atoms with Crippen molar-refractivity contribution in [2.75, 3.05) is 24.3 Å². The second-order valence-corrected chi connectivity index (χ2v) is 9.13. The first-order valence-corrected chi connectivity index (χ1v) is 11.1. The maximum atomic E-state index is 12.5. The van der Waals surface area contributed by atoms with Gasteiger partial charge in [-0.3, -0.25) is 9.48 Å². The molecule has 0 atom stereocenters. The Hall–Kier alpha value is -3.04. The SMILES string of the molecule is Cc1nc(C)c(-c2csc(NC(=O)Cn3cc(-c4ccccc4N(C)C)cn3)n2)s1. The van der Waals surface area contributed by atoms with Gasteiger partial charge in [0.2, 0.25) is 5.91 Å². The third kappa shape index (κ3) is 4.27. The summed E-state index contributed by atoms with van der Waals surface area (Å²) in [6.45, 7) is 4.07. The molecule has 30 heavy (non-hydrogen) atoms. The lowest BCUT2D eigenvalue weighted by Crippen LogP contribution is -2.18. The fraction of sp³-hybridized carbons (Fsp3) is 0.238. The minimum absolute atomic E-state index is 0.123. The summed E-state index contributed by atoms with van der Waals surface area (Å²) in [6.07, 6.45) is 3.67. The lowest BCUT2D eigenvalue weighted by molar-refractivity contribution is -0.116. The summed E-state index contributed by atoms with van der Waals surface area (Å²) < 4.78 is 1.64. The normalized spacial score (nSPS) is 10.9. The van der Waals surface area contributed by atoms with Crippen LogP contribution in [0.3, 0.4) is 0 Å². The number of rotatable bonds is 6. The number of anilines is 2. The summed E-state index contributed by atoms with van der Waals surface area (Å²) in [7, 11) is 4.02. The van der Waals surface area contributed by atoms with Crippen molar-refractivity contribution in [3.63, 3.8) is 0 Å². The Kier molecular flexibility index (Phi) is 5.65. The average Bonchev–Trinajstić information content (AvgIpc) is 3.42. The van der Waals surface area contributed by atoms with Gasteiger partial charge in [0.05, 0.1) is 27.5 Å². The minimum Gasteiger partial charge on any atom is -0.377 e. The van der Waals surface area contributed by atoms with Crippen LogP contribution in [0.1, 0.15) is 10.7 Å². The van der Waals surface area contributed by atoms with Gasteiger partial charge in [-0.2, -0.15) is 5.10 Å². The van der Waals surface area contributed by atoms with Crippen LogP contribution in [0.25, 0.3) is 21.7 Å². The smallest absolute Gasteiger partial charge is 0.247 e. The van der Waals surface area contributed by atoms with Crippen LogP contribution in [0, 0.1) is 13.8 Å². The van der Waals surface area contributed by atoms with E-state index in [1.165, 1.54) is 11.3 Å². The number of nitrogens with zero attached hydrogens (tertiary/aromatic N) is 5. The van der Waals surface area contributed by atoms with Crippen LogP contribution in [0.2, 0.25) is 0 Å². The van der Waals surface area contributed by atoms with Gasteiger partial charge in [-0.25, -0.2) is 9.97 Å². The van der Waals surface area contributed by atoms with Gasteiger partial charge in [0.1, 0.15) is 6.54 Å². The van der Waals surface area contributed by atoms with Gasteiger partial charge in [-0.1, -0.05) is 18.2 Å². The number of carbonyl (C=O) groups is 1. The molecule has 4 aromatic rings. The molecule has 0 aliphatic carbocycles. The van der Waals surface area contributed by atoms with Gasteiger partial charge in [-0.15, -0.1) is 22.7 Å². The molecule has 3 aromatic heterocycles. The topological polar surface area (TPSA) is 75.9 Å². The Morgan fingerprint density at radius 3 is 2.73 bits per heavy atom. The number of hydrogen-bond donors (Lipinski definition) is 1. The van der Waals surface area contributed by atoms with E-state index in [0.29, 0.717) is 5.13 Å². The maximum Gasteiger partial charge on any atom is 0.247 e. The highest BCUT2D eigenvalue weighted by atomic mass is 32.1. The summed E-state index contributed by atoms with van der Waals surface area (Å²) in [4.78, 5) is 24.6. The molecule has 0 bridgehead atoms. The van der Waals surface area contributed by atoms with E-state index in [-0.39, 0.29) is 12.5 Å². The number of thiazole rings is 2.